The van der Waals surface area contributed by atoms with Gasteiger partial charge in [0.25, 0.3) is 0 Å². The number of hydrogen-bond donors (Lipinski definition) is 1. The Bertz CT molecular complexity index is 424. The number of anilines is 1. The Morgan fingerprint density at radius 2 is 2.32 bits per heavy atom. The molecule has 1 saturated heterocycles. The van der Waals surface area contributed by atoms with Crippen molar-refractivity contribution in [3.05, 3.63) is 24.3 Å². The number of likely N-dealkylation sites (tertiary alicyclic amines) is 1. The molecule has 4 heteroatoms. The maximum Gasteiger partial charge on any atom is 0.142 e. The molecule has 3 rings (SSSR count). The molecule has 2 heterocycles. The van der Waals surface area contributed by atoms with Gasteiger partial charge in [0.2, 0.25) is 0 Å². The third kappa shape index (κ3) is 3.01. The van der Waals surface area contributed by atoms with E-state index in [1.807, 2.05) is 25.3 Å². The summed E-state index contributed by atoms with van der Waals surface area (Å²) in [5.41, 5.74) is 1.10. The number of para-hydroxylation sites is 2. The van der Waals surface area contributed by atoms with Crippen molar-refractivity contribution in [3.8, 4) is 5.75 Å². The zero-order valence-corrected chi connectivity index (χ0v) is 11.5. The van der Waals surface area contributed by atoms with Crippen molar-refractivity contribution in [2.24, 2.45) is 0 Å². The van der Waals surface area contributed by atoms with Gasteiger partial charge in [-0.1, -0.05) is 12.1 Å². The van der Waals surface area contributed by atoms with E-state index < -0.39 is 0 Å². The second-order valence-electron chi connectivity index (χ2n) is 5.38. The van der Waals surface area contributed by atoms with Crippen LogP contribution in [0.25, 0.3) is 0 Å². The lowest BCUT2D eigenvalue weighted by molar-refractivity contribution is 0.0177. The van der Waals surface area contributed by atoms with Crippen LogP contribution in [0.15, 0.2) is 24.3 Å². The maximum atomic E-state index is 6.06. The van der Waals surface area contributed by atoms with Crippen molar-refractivity contribution in [3.63, 3.8) is 0 Å². The lowest BCUT2D eigenvalue weighted by atomic mass is 10.1. The van der Waals surface area contributed by atoms with Crippen molar-refractivity contribution in [1.82, 2.24) is 4.90 Å². The first-order chi connectivity index (χ1) is 9.35. The summed E-state index contributed by atoms with van der Waals surface area (Å²) >= 11 is 0. The number of nitrogens with one attached hydrogen (secondary N) is 1. The molecule has 0 saturated carbocycles. The molecule has 2 aliphatic rings. The Morgan fingerprint density at radius 3 is 3.21 bits per heavy atom. The average molecular weight is 262 g/mol. The Hall–Kier alpha value is -1.26. The molecule has 1 fully saturated rings. The number of fused-ring (bicyclic) bond motifs is 1. The molecule has 104 valence electrons. The topological polar surface area (TPSA) is 33.7 Å². The molecule has 1 aromatic carbocycles. The molecule has 0 radical (unpaired) electrons. The summed E-state index contributed by atoms with van der Waals surface area (Å²) in [5.74, 6) is 0.971. The summed E-state index contributed by atoms with van der Waals surface area (Å²) < 4.78 is 11.5. The summed E-state index contributed by atoms with van der Waals surface area (Å²) in [4.78, 5) is 2.46. The molecule has 0 spiro atoms. The normalized spacial score (nSPS) is 27.2. The quantitative estimate of drug-likeness (QED) is 0.903. The van der Waals surface area contributed by atoms with E-state index in [2.05, 4.69) is 16.3 Å². The number of hydrogen-bond acceptors (Lipinski definition) is 4. The fourth-order valence-electron chi connectivity index (χ4n) is 2.92. The zero-order chi connectivity index (χ0) is 13.1. The minimum absolute atomic E-state index is 0.227. The van der Waals surface area contributed by atoms with Gasteiger partial charge in [0.15, 0.2) is 0 Å². The van der Waals surface area contributed by atoms with Gasteiger partial charge in [-0.05, 0) is 31.5 Å². The zero-order valence-electron chi connectivity index (χ0n) is 11.5. The number of ether oxygens (including phenoxy) is 2. The molecule has 2 aliphatic heterocycles. The number of rotatable bonds is 3. The largest absolute Gasteiger partial charge is 0.485 e. The molecule has 1 N–H and O–H groups in total. The van der Waals surface area contributed by atoms with Crippen LogP contribution in [0.1, 0.15) is 12.8 Å². The average Bonchev–Trinajstić information content (AvgIpc) is 2.47. The third-order valence-corrected chi connectivity index (χ3v) is 3.96. The molecule has 19 heavy (non-hydrogen) atoms. The number of methoxy groups -OCH3 is 1. The van der Waals surface area contributed by atoms with E-state index in [-0.39, 0.29) is 6.10 Å². The van der Waals surface area contributed by atoms with Gasteiger partial charge in [0.1, 0.15) is 11.9 Å². The number of nitrogens with zero attached hydrogens (tertiary/aromatic N) is 1. The highest BCUT2D eigenvalue weighted by Gasteiger charge is 2.25. The van der Waals surface area contributed by atoms with Crippen LogP contribution in [0.4, 0.5) is 5.69 Å². The second kappa shape index (κ2) is 5.80. The van der Waals surface area contributed by atoms with Gasteiger partial charge >= 0.3 is 0 Å². The van der Waals surface area contributed by atoms with E-state index in [0.29, 0.717) is 6.10 Å². The molecule has 0 aliphatic carbocycles. The van der Waals surface area contributed by atoms with Gasteiger partial charge in [-0.3, -0.25) is 4.90 Å². The Morgan fingerprint density at radius 1 is 1.42 bits per heavy atom. The van der Waals surface area contributed by atoms with Crippen LogP contribution >= 0.6 is 0 Å². The minimum atomic E-state index is 0.227. The lowest BCUT2D eigenvalue weighted by Crippen LogP contribution is -2.47. The van der Waals surface area contributed by atoms with Crippen molar-refractivity contribution in [2.75, 3.05) is 38.6 Å². The fourth-order valence-corrected chi connectivity index (χ4v) is 2.92. The first kappa shape index (κ1) is 12.8. The molecule has 1 aromatic rings. The summed E-state index contributed by atoms with van der Waals surface area (Å²) in [6, 6.07) is 8.14. The van der Waals surface area contributed by atoms with E-state index in [1.165, 1.54) is 12.8 Å². The van der Waals surface area contributed by atoms with Gasteiger partial charge in [-0.15, -0.1) is 0 Å². The second-order valence-corrected chi connectivity index (χ2v) is 5.38. The van der Waals surface area contributed by atoms with E-state index >= 15 is 0 Å². The van der Waals surface area contributed by atoms with Gasteiger partial charge in [-0.2, -0.15) is 0 Å². The summed E-state index contributed by atoms with van der Waals surface area (Å²) in [6.07, 6.45) is 3.01. The highest BCUT2D eigenvalue weighted by atomic mass is 16.5. The predicted octanol–water partition coefficient (Wildman–Crippen LogP) is 1.97. The lowest BCUT2D eigenvalue weighted by Gasteiger charge is -2.36. The molecule has 2 atom stereocenters. The van der Waals surface area contributed by atoms with E-state index in [0.717, 1.165) is 37.6 Å². The first-order valence-corrected chi connectivity index (χ1v) is 7.10. The van der Waals surface area contributed by atoms with Crippen molar-refractivity contribution in [1.29, 1.82) is 0 Å². The van der Waals surface area contributed by atoms with Crippen LogP contribution in [0.2, 0.25) is 0 Å². The molecule has 0 aromatic heterocycles. The summed E-state index contributed by atoms with van der Waals surface area (Å²) in [5, 5.41) is 3.44. The number of piperidine rings is 1. The fraction of sp³-hybridized carbons (Fsp3) is 0.600. The SMILES string of the molecule is COC1CCCN(CC2CNc3ccccc3O2)C1. The number of benzene rings is 1. The Labute approximate surface area is 114 Å². The van der Waals surface area contributed by atoms with Gasteiger partial charge in [-0.25, -0.2) is 0 Å². The van der Waals surface area contributed by atoms with Crippen molar-refractivity contribution in [2.45, 2.75) is 25.0 Å². The minimum Gasteiger partial charge on any atom is -0.485 e. The highest BCUT2D eigenvalue weighted by Crippen LogP contribution is 2.28. The van der Waals surface area contributed by atoms with Crippen molar-refractivity contribution < 1.29 is 9.47 Å². The van der Waals surface area contributed by atoms with Gasteiger partial charge in [0.05, 0.1) is 18.3 Å². The summed E-state index contributed by atoms with van der Waals surface area (Å²) in [6.45, 7) is 4.03. The van der Waals surface area contributed by atoms with Crippen molar-refractivity contribution >= 4 is 5.69 Å². The Kier molecular flexibility index (Phi) is 3.89. The van der Waals surface area contributed by atoms with Crippen LogP contribution in [0, 0.1) is 0 Å². The summed E-state index contributed by atoms with van der Waals surface area (Å²) in [7, 11) is 1.81. The first-order valence-electron chi connectivity index (χ1n) is 7.10. The van der Waals surface area contributed by atoms with Crippen LogP contribution in [0.5, 0.6) is 5.75 Å². The van der Waals surface area contributed by atoms with Crippen LogP contribution in [-0.2, 0) is 4.74 Å². The monoisotopic (exact) mass is 262 g/mol. The molecular formula is C15H22N2O2. The third-order valence-electron chi connectivity index (χ3n) is 3.96. The smallest absolute Gasteiger partial charge is 0.142 e. The van der Waals surface area contributed by atoms with E-state index in [1.54, 1.807) is 0 Å². The molecule has 0 amide bonds. The predicted molar refractivity (Wildman–Crippen MR) is 75.8 cm³/mol. The van der Waals surface area contributed by atoms with Gasteiger partial charge < -0.3 is 14.8 Å². The molecular weight excluding hydrogens is 240 g/mol. The molecule has 0 bridgehead atoms. The van der Waals surface area contributed by atoms with Crippen LogP contribution < -0.4 is 10.1 Å². The van der Waals surface area contributed by atoms with Crippen LogP contribution in [-0.4, -0.2) is 50.4 Å². The highest BCUT2D eigenvalue weighted by molar-refractivity contribution is 5.57. The molecule has 2 unspecified atom stereocenters. The Balaban J connectivity index is 1.57. The maximum absolute atomic E-state index is 6.06. The standard InChI is InChI=1S/C15H22N2O2/c1-18-12-5-4-8-17(10-12)11-13-9-16-14-6-2-3-7-15(14)19-13/h2-3,6-7,12-13,16H,4-5,8-11H2,1H3. The van der Waals surface area contributed by atoms with E-state index in [9.17, 15) is 0 Å². The van der Waals surface area contributed by atoms with Gasteiger partial charge in [0, 0.05) is 20.2 Å². The van der Waals surface area contributed by atoms with E-state index in [4.69, 9.17) is 9.47 Å². The van der Waals surface area contributed by atoms with Crippen LogP contribution in [0.3, 0.4) is 0 Å². The molecule has 4 nitrogen and oxygen atoms in total.